The first-order valence-electron chi connectivity index (χ1n) is 16.7. The molecule has 1 heterocycles. The Labute approximate surface area is 284 Å². The van der Waals surface area contributed by atoms with Crippen molar-refractivity contribution >= 4 is 28.7 Å². The van der Waals surface area contributed by atoms with Crippen molar-refractivity contribution in [3.8, 4) is 0 Å². The number of aromatic amines is 1. The maximum absolute atomic E-state index is 13.7. The number of hydrogen-bond acceptors (Lipinski definition) is 6. The summed E-state index contributed by atoms with van der Waals surface area (Å²) in [6.45, 7) is 13.9. The lowest BCUT2D eigenvalue weighted by Gasteiger charge is -2.27. The number of H-pyrrole nitrogens is 1. The van der Waals surface area contributed by atoms with E-state index in [0.717, 1.165) is 41.4 Å². The Morgan fingerprint density at radius 2 is 1.65 bits per heavy atom. The number of nitrogens with one attached hydrogen (secondary N) is 4. The van der Waals surface area contributed by atoms with Crippen molar-refractivity contribution in [2.75, 3.05) is 13.1 Å². The van der Waals surface area contributed by atoms with E-state index >= 15 is 0 Å². The Kier molecular flexibility index (Phi) is 12.7. The zero-order valence-electron chi connectivity index (χ0n) is 29.0. The van der Waals surface area contributed by atoms with Crippen LogP contribution in [-0.4, -0.2) is 57.5 Å². The van der Waals surface area contributed by atoms with Crippen LogP contribution in [-0.2, 0) is 22.6 Å². The van der Waals surface area contributed by atoms with Crippen molar-refractivity contribution in [2.24, 2.45) is 5.92 Å². The molecule has 3 amide bonds. The molecule has 1 unspecified atom stereocenters. The van der Waals surface area contributed by atoms with Gasteiger partial charge in [0.25, 0.3) is 5.91 Å². The maximum Gasteiger partial charge on any atom is 0.410 e. The minimum Gasteiger partial charge on any atom is -0.444 e. The van der Waals surface area contributed by atoms with Gasteiger partial charge < -0.3 is 25.7 Å². The molecular weight excluding hydrogens is 604 g/mol. The molecular formula is C38H50N6O4. The molecule has 0 saturated heterocycles. The number of amides is 3. The summed E-state index contributed by atoms with van der Waals surface area (Å²) in [5.74, 6) is 0.592. The second-order valence-electron chi connectivity index (χ2n) is 13.6. The second-order valence-corrected chi connectivity index (χ2v) is 13.6. The fourth-order valence-electron chi connectivity index (χ4n) is 5.41. The van der Waals surface area contributed by atoms with E-state index in [-0.39, 0.29) is 30.9 Å². The lowest BCUT2D eigenvalue weighted by Crippen LogP contribution is -2.47. The summed E-state index contributed by atoms with van der Waals surface area (Å²) in [7, 11) is 0. The molecule has 10 heteroatoms. The quantitative estimate of drug-likeness (QED) is 0.108. The smallest absolute Gasteiger partial charge is 0.410 e. The van der Waals surface area contributed by atoms with Crippen LogP contribution < -0.4 is 16.0 Å². The maximum atomic E-state index is 13.7. The summed E-state index contributed by atoms with van der Waals surface area (Å²) < 4.78 is 5.62. The van der Waals surface area contributed by atoms with E-state index in [1.807, 2.05) is 64.1 Å². The van der Waals surface area contributed by atoms with Gasteiger partial charge in [-0.25, -0.2) is 9.78 Å². The highest BCUT2D eigenvalue weighted by Gasteiger charge is 2.25. The van der Waals surface area contributed by atoms with Crippen molar-refractivity contribution in [1.29, 1.82) is 0 Å². The van der Waals surface area contributed by atoms with E-state index in [2.05, 4.69) is 58.0 Å². The minimum atomic E-state index is -0.716. The molecule has 0 fully saturated rings. The molecule has 2 atom stereocenters. The average Bonchev–Trinajstić information content (AvgIpc) is 3.56. The van der Waals surface area contributed by atoms with Crippen molar-refractivity contribution in [2.45, 2.75) is 85.2 Å². The van der Waals surface area contributed by atoms with Crippen LogP contribution in [0.25, 0.3) is 10.8 Å². The Morgan fingerprint density at radius 3 is 2.33 bits per heavy atom. The number of benzene rings is 3. The third-order valence-corrected chi connectivity index (χ3v) is 7.81. The Hall–Kier alpha value is -4.70. The molecule has 0 aliphatic carbocycles. The van der Waals surface area contributed by atoms with E-state index in [1.54, 1.807) is 29.4 Å². The van der Waals surface area contributed by atoms with Crippen molar-refractivity contribution < 1.29 is 19.1 Å². The first kappa shape index (κ1) is 36.1. The van der Waals surface area contributed by atoms with E-state index < -0.39 is 17.7 Å². The van der Waals surface area contributed by atoms with Crippen LogP contribution in [0.1, 0.15) is 87.7 Å². The van der Waals surface area contributed by atoms with Crippen LogP contribution in [0.15, 0.2) is 79.1 Å². The third kappa shape index (κ3) is 10.9. The number of aromatic nitrogens is 2. The fraction of sp³-hybridized carbons (Fsp3) is 0.421. The molecule has 1 aromatic heterocycles. The second kappa shape index (κ2) is 16.9. The molecule has 0 saturated carbocycles. The molecule has 3 aromatic carbocycles. The fourth-order valence-corrected chi connectivity index (χ4v) is 5.41. The lowest BCUT2D eigenvalue weighted by atomic mass is 9.99. The predicted molar refractivity (Wildman–Crippen MR) is 189 cm³/mol. The number of fused-ring (bicyclic) bond motifs is 1. The van der Waals surface area contributed by atoms with Crippen molar-refractivity contribution in [3.63, 3.8) is 0 Å². The Balaban J connectivity index is 1.44. The largest absolute Gasteiger partial charge is 0.444 e. The number of ether oxygens (including phenoxy) is 1. The first-order chi connectivity index (χ1) is 22.9. The van der Waals surface area contributed by atoms with Gasteiger partial charge in [0.1, 0.15) is 17.5 Å². The zero-order valence-corrected chi connectivity index (χ0v) is 29.0. The highest BCUT2D eigenvalue weighted by atomic mass is 16.6. The van der Waals surface area contributed by atoms with Gasteiger partial charge in [0.2, 0.25) is 5.91 Å². The highest BCUT2D eigenvalue weighted by molar-refractivity contribution is 5.97. The van der Waals surface area contributed by atoms with Gasteiger partial charge in [-0.1, -0.05) is 68.4 Å². The third-order valence-electron chi connectivity index (χ3n) is 7.81. The van der Waals surface area contributed by atoms with Gasteiger partial charge in [0, 0.05) is 24.5 Å². The Morgan fingerprint density at radius 1 is 0.917 bits per heavy atom. The van der Waals surface area contributed by atoms with Crippen LogP contribution in [0.3, 0.4) is 0 Å². The molecule has 0 aliphatic heterocycles. The monoisotopic (exact) mass is 654 g/mol. The molecule has 0 spiro atoms. The SMILES string of the molecule is CC(C)CNCCC[C@H](NC(=O)c1ccc(CN(Cc2ncc[nH]2)C(=O)OC(C)(C)C)cc1)C(=O)NC(C)c1cccc2ccccc12. The van der Waals surface area contributed by atoms with Gasteiger partial charge in [-0.05, 0) is 93.6 Å². The van der Waals surface area contributed by atoms with Gasteiger partial charge in [0.15, 0.2) is 0 Å². The molecule has 10 nitrogen and oxygen atoms in total. The molecule has 256 valence electrons. The first-order valence-corrected chi connectivity index (χ1v) is 16.7. The van der Waals surface area contributed by atoms with Crippen LogP contribution in [0, 0.1) is 5.92 Å². The summed E-state index contributed by atoms with van der Waals surface area (Å²) >= 11 is 0. The van der Waals surface area contributed by atoms with Gasteiger partial charge in [-0.2, -0.15) is 0 Å². The van der Waals surface area contributed by atoms with Crippen molar-refractivity contribution in [3.05, 3.63) is 102 Å². The van der Waals surface area contributed by atoms with Crippen LogP contribution in [0.5, 0.6) is 0 Å². The van der Waals surface area contributed by atoms with Crippen LogP contribution >= 0.6 is 0 Å². The molecule has 0 bridgehead atoms. The molecule has 0 aliphatic rings. The van der Waals surface area contributed by atoms with Gasteiger partial charge >= 0.3 is 6.09 Å². The normalized spacial score (nSPS) is 12.8. The van der Waals surface area contributed by atoms with Gasteiger partial charge in [-0.3, -0.25) is 14.5 Å². The van der Waals surface area contributed by atoms with E-state index in [4.69, 9.17) is 4.74 Å². The van der Waals surface area contributed by atoms with E-state index in [1.165, 1.54) is 0 Å². The average molecular weight is 655 g/mol. The molecule has 0 radical (unpaired) electrons. The van der Waals surface area contributed by atoms with E-state index in [0.29, 0.717) is 23.7 Å². The predicted octanol–water partition coefficient (Wildman–Crippen LogP) is 6.50. The van der Waals surface area contributed by atoms with Crippen LogP contribution in [0.2, 0.25) is 0 Å². The van der Waals surface area contributed by atoms with E-state index in [9.17, 15) is 14.4 Å². The Bertz CT molecular complexity index is 1620. The molecule has 4 aromatic rings. The van der Waals surface area contributed by atoms with Gasteiger partial charge in [-0.15, -0.1) is 0 Å². The summed E-state index contributed by atoms with van der Waals surface area (Å²) in [5, 5.41) is 11.7. The highest BCUT2D eigenvalue weighted by Crippen LogP contribution is 2.24. The zero-order chi connectivity index (χ0) is 34.7. The number of hydrogen-bond donors (Lipinski definition) is 4. The summed E-state index contributed by atoms with van der Waals surface area (Å²) in [6.07, 6.45) is 4.09. The summed E-state index contributed by atoms with van der Waals surface area (Å²) in [6, 6.07) is 20.2. The molecule has 4 rings (SSSR count). The standard InChI is InChI=1S/C38H50N6O4/c1-26(2)23-39-20-10-15-33(36(46)42-27(3)31-14-9-12-29-11-7-8-13-32(29)31)43-35(45)30-18-16-28(17-19-30)24-44(25-34-40-21-22-41-34)37(47)48-38(4,5)6/h7-9,11-14,16-19,21-22,26-27,33,39H,10,15,20,23-25H2,1-6H3,(H,40,41)(H,42,46)(H,43,45)/t27?,33-/m0/s1. The number of imidazole rings is 1. The molecule has 4 N–H and O–H groups in total. The molecule has 48 heavy (non-hydrogen) atoms. The number of nitrogens with zero attached hydrogens (tertiary/aromatic N) is 2. The topological polar surface area (TPSA) is 128 Å². The minimum absolute atomic E-state index is 0.227. The van der Waals surface area contributed by atoms with Crippen LogP contribution in [0.4, 0.5) is 4.79 Å². The summed E-state index contributed by atoms with van der Waals surface area (Å²) in [5.41, 5.74) is 1.61. The van der Waals surface area contributed by atoms with Crippen molar-refractivity contribution in [1.82, 2.24) is 30.8 Å². The summed E-state index contributed by atoms with van der Waals surface area (Å²) in [4.78, 5) is 49.0. The lowest BCUT2D eigenvalue weighted by molar-refractivity contribution is -0.123. The number of rotatable bonds is 15. The number of carbonyl (C=O) groups is 3. The number of carbonyl (C=O) groups excluding carboxylic acids is 3. The van der Waals surface area contributed by atoms with Gasteiger partial charge in [0.05, 0.1) is 12.6 Å².